The van der Waals surface area contributed by atoms with Crippen LogP contribution >= 0.6 is 11.6 Å². The molecule has 0 saturated carbocycles. The number of urea groups is 1. The first-order valence-corrected chi connectivity index (χ1v) is 8.61. The fourth-order valence-electron chi connectivity index (χ4n) is 1.74. The molecular weight excluding hydrogens is 395 g/mol. The van der Waals surface area contributed by atoms with Gasteiger partial charge in [-0.25, -0.2) is 18.9 Å². The van der Waals surface area contributed by atoms with Gasteiger partial charge >= 0.3 is 12.0 Å². The Morgan fingerprint density at radius 2 is 2.15 bits per heavy atom. The average molecular weight is 407 g/mol. The van der Waals surface area contributed by atoms with E-state index >= 15 is 0 Å². The molecule has 1 atom stereocenters. The van der Waals surface area contributed by atoms with Crippen LogP contribution < -0.4 is 14.8 Å². The monoisotopic (exact) mass is 406 g/mol. The van der Waals surface area contributed by atoms with E-state index in [4.69, 9.17) is 16.3 Å². The van der Waals surface area contributed by atoms with E-state index in [0.29, 0.717) is 0 Å². The maximum Gasteiger partial charge on any atom is 0.335 e. The van der Waals surface area contributed by atoms with Crippen LogP contribution in [0.2, 0.25) is 5.28 Å². The fraction of sp³-hybridized carbons (Fsp3) is 0.250. The van der Waals surface area contributed by atoms with Crippen LogP contribution in [0.15, 0.2) is 23.4 Å². The van der Waals surface area contributed by atoms with Crippen LogP contribution in [-0.2, 0) is 10.0 Å². The number of aliphatic hydroxyl groups is 1. The summed E-state index contributed by atoms with van der Waals surface area (Å²) in [7, 11) is -3.28. The van der Waals surface area contributed by atoms with Crippen molar-refractivity contribution >= 4 is 33.6 Å². The maximum absolute atomic E-state index is 12.7. The van der Waals surface area contributed by atoms with Crippen molar-refractivity contribution in [2.75, 3.05) is 19.1 Å². The molecule has 1 unspecified atom stereocenters. The van der Waals surface area contributed by atoms with Crippen LogP contribution in [0.3, 0.4) is 0 Å². The van der Waals surface area contributed by atoms with Gasteiger partial charge in [-0.2, -0.15) is 23.4 Å². The highest BCUT2D eigenvalue weighted by Gasteiger charge is 2.26. The number of carbonyl (C=O) groups is 1. The number of nitrogens with one attached hydrogen (secondary N) is 2. The van der Waals surface area contributed by atoms with E-state index in [-0.39, 0.29) is 22.8 Å². The van der Waals surface area contributed by atoms with Crippen LogP contribution in [-0.4, -0.2) is 53.3 Å². The second-order valence-electron chi connectivity index (χ2n) is 4.54. The third-order valence-electron chi connectivity index (χ3n) is 2.78. The van der Waals surface area contributed by atoms with Crippen molar-refractivity contribution in [2.24, 2.45) is 0 Å². The first-order valence-electron chi connectivity index (χ1n) is 6.75. The number of hydrogen-bond donors (Lipinski definition) is 3. The molecule has 2 aromatic rings. The van der Waals surface area contributed by atoms with Gasteiger partial charge in [-0.1, -0.05) is 6.07 Å². The van der Waals surface area contributed by atoms with Gasteiger partial charge in [0.05, 0.1) is 7.11 Å². The van der Waals surface area contributed by atoms with Crippen LogP contribution in [0.1, 0.15) is 11.7 Å². The number of carbonyl (C=O) groups excluding carboxylic acids is 1. The second kappa shape index (κ2) is 8.16. The molecule has 2 amide bonds. The molecule has 140 valence electrons. The highest BCUT2D eigenvalue weighted by Crippen LogP contribution is 2.20. The lowest BCUT2D eigenvalue weighted by Gasteiger charge is -2.13. The largest absolute Gasteiger partial charge is 0.467 e. The van der Waals surface area contributed by atoms with Crippen molar-refractivity contribution in [3.05, 3.63) is 29.2 Å². The molecule has 2 rings (SSSR count). The Bertz CT molecular complexity index is 915. The van der Waals surface area contributed by atoms with Gasteiger partial charge in [-0.3, -0.25) is 5.32 Å². The number of methoxy groups -OCH3 is 1. The quantitative estimate of drug-likeness (QED) is 0.619. The molecule has 0 radical (unpaired) electrons. The summed E-state index contributed by atoms with van der Waals surface area (Å²) in [5.74, 6) is -0.375. The number of nitrogens with zero attached hydrogens (tertiary/aromatic N) is 4. The molecule has 0 aromatic carbocycles. The average Bonchev–Trinajstić information content (AvgIpc) is 2.59. The molecule has 0 aliphatic heterocycles. The molecular formula is C12H12ClFN6O5S. The predicted octanol–water partition coefficient (Wildman–Crippen LogP) is 0.442. The van der Waals surface area contributed by atoms with Crippen molar-refractivity contribution in [3.63, 3.8) is 0 Å². The number of aromatic nitrogens is 4. The molecule has 0 bridgehead atoms. The summed E-state index contributed by atoms with van der Waals surface area (Å²) in [6.45, 7) is -1.23. The Hall–Kier alpha value is -2.64. The molecule has 2 aromatic heterocycles. The van der Waals surface area contributed by atoms with Crippen LogP contribution in [0, 0.1) is 0 Å². The zero-order valence-electron chi connectivity index (χ0n) is 13.0. The Labute approximate surface area is 151 Å². The smallest absolute Gasteiger partial charge is 0.335 e. The maximum atomic E-state index is 12.7. The van der Waals surface area contributed by atoms with Crippen molar-refractivity contribution in [2.45, 2.75) is 11.1 Å². The van der Waals surface area contributed by atoms with Gasteiger partial charge in [0.1, 0.15) is 12.8 Å². The molecule has 0 fully saturated rings. The Balaban J connectivity index is 2.22. The number of aliphatic hydroxyl groups excluding tert-OH is 1. The van der Waals surface area contributed by atoms with E-state index in [2.05, 4.69) is 19.9 Å². The van der Waals surface area contributed by atoms with Gasteiger partial charge in [-0.05, 0) is 17.7 Å². The predicted molar refractivity (Wildman–Crippen MR) is 85.9 cm³/mol. The Morgan fingerprint density at radius 1 is 1.42 bits per heavy atom. The molecule has 0 aliphatic rings. The number of hydrogen-bond acceptors (Lipinski definition) is 9. The number of halogens is 2. The minimum absolute atomic E-state index is 0.207. The zero-order valence-corrected chi connectivity index (χ0v) is 14.6. The Morgan fingerprint density at radius 3 is 2.81 bits per heavy atom. The van der Waals surface area contributed by atoms with E-state index < -0.39 is 33.9 Å². The van der Waals surface area contributed by atoms with Crippen molar-refractivity contribution in [1.29, 1.82) is 0 Å². The number of anilines is 1. The number of amides is 2. The van der Waals surface area contributed by atoms with E-state index in [1.165, 1.54) is 19.2 Å². The van der Waals surface area contributed by atoms with E-state index in [9.17, 15) is 22.7 Å². The lowest BCUT2D eigenvalue weighted by atomic mass is 10.2. The van der Waals surface area contributed by atoms with Gasteiger partial charge in [-0.15, -0.1) is 0 Å². The second-order valence-corrected chi connectivity index (χ2v) is 6.48. The zero-order chi connectivity index (χ0) is 19.3. The Kier molecular flexibility index (Phi) is 6.18. The normalized spacial score (nSPS) is 12.3. The van der Waals surface area contributed by atoms with Gasteiger partial charge in [0.25, 0.3) is 10.0 Å². The number of pyridine rings is 1. The molecule has 0 aliphatic carbocycles. The highest BCUT2D eigenvalue weighted by molar-refractivity contribution is 7.90. The number of sulfonamides is 1. The summed E-state index contributed by atoms with van der Waals surface area (Å²) in [4.78, 5) is 26.3. The SMILES string of the molecule is COc1nc(Cl)nc(NC(=O)NS(=O)(=O)c2ncccc2C(O)CF)n1. The molecule has 14 heteroatoms. The molecule has 26 heavy (non-hydrogen) atoms. The van der Waals surface area contributed by atoms with Gasteiger partial charge < -0.3 is 9.84 Å². The van der Waals surface area contributed by atoms with E-state index in [1.54, 1.807) is 4.72 Å². The fourth-order valence-corrected chi connectivity index (χ4v) is 3.00. The molecule has 11 nitrogen and oxygen atoms in total. The van der Waals surface area contributed by atoms with Crippen LogP contribution in [0.4, 0.5) is 15.1 Å². The van der Waals surface area contributed by atoms with Gasteiger partial charge in [0.15, 0.2) is 5.03 Å². The molecule has 0 spiro atoms. The van der Waals surface area contributed by atoms with Gasteiger partial charge in [0.2, 0.25) is 11.2 Å². The van der Waals surface area contributed by atoms with Gasteiger partial charge in [0, 0.05) is 11.8 Å². The van der Waals surface area contributed by atoms with Crippen molar-refractivity contribution in [1.82, 2.24) is 24.7 Å². The first kappa shape index (κ1) is 19.7. The number of alkyl halides is 1. The summed E-state index contributed by atoms with van der Waals surface area (Å²) >= 11 is 5.61. The summed E-state index contributed by atoms with van der Waals surface area (Å²) < 4.78 is 43.6. The minimum Gasteiger partial charge on any atom is -0.467 e. The minimum atomic E-state index is -4.53. The van der Waals surface area contributed by atoms with Crippen LogP contribution in [0.5, 0.6) is 6.01 Å². The molecule has 0 saturated heterocycles. The number of rotatable bonds is 6. The van der Waals surface area contributed by atoms with E-state index in [1.807, 2.05) is 5.32 Å². The van der Waals surface area contributed by atoms with Crippen molar-refractivity contribution < 1.29 is 27.4 Å². The summed E-state index contributed by atoms with van der Waals surface area (Å²) in [5.41, 5.74) is -0.305. The first-order chi connectivity index (χ1) is 12.3. The standard InChI is InChI=1S/C12H12ClFN6O5S/c1-25-12-17-9(13)16-10(19-12)18-11(22)20-26(23,24)8-6(7(21)5-14)3-2-4-15-8/h2-4,7,21H,5H2,1H3,(H2,16,17,18,19,20,22). The third kappa shape index (κ3) is 4.71. The highest BCUT2D eigenvalue weighted by atomic mass is 35.5. The topological polar surface area (TPSA) is 156 Å². The lowest BCUT2D eigenvalue weighted by molar-refractivity contribution is 0.138. The summed E-state index contributed by atoms with van der Waals surface area (Å²) in [5, 5.41) is 10.6. The lowest BCUT2D eigenvalue weighted by Crippen LogP contribution is -2.36. The number of ether oxygens (including phenoxy) is 1. The molecule has 2 heterocycles. The molecule has 3 N–H and O–H groups in total. The van der Waals surface area contributed by atoms with Crippen LogP contribution in [0.25, 0.3) is 0 Å². The van der Waals surface area contributed by atoms with E-state index in [0.717, 1.165) is 6.20 Å². The third-order valence-corrected chi connectivity index (χ3v) is 4.26. The summed E-state index contributed by atoms with van der Waals surface area (Å²) in [6.07, 6.45) is -0.609. The summed E-state index contributed by atoms with van der Waals surface area (Å²) in [6, 6.07) is 1.02. The van der Waals surface area contributed by atoms with Crippen molar-refractivity contribution in [3.8, 4) is 6.01 Å².